The second kappa shape index (κ2) is 8.16. The van der Waals surface area contributed by atoms with E-state index >= 15 is 0 Å². The minimum absolute atomic E-state index is 0.0853. The van der Waals surface area contributed by atoms with Crippen molar-refractivity contribution in [3.05, 3.63) is 76.7 Å². The number of hydrogen-bond donors (Lipinski definition) is 1. The number of nitrogens with one attached hydrogen (secondary N) is 1. The van der Waals surface area contributed by atoms with Crippen molar-refractivity contribution in [2.45, 2.75) is 32.1 Å². The van der Waals surface area contributed by atoms with E-state index in [0.29, 0.717) is 5.56 Å². The van der Waals surface area contributed by atoms with Crippen molar-refractivity contribution in [2.75, 3.05) is 20.6 Å². The van der Waals surface area contributed by atoms with Crippen LogP contribution in [0.5, 0.6) is 0 Å². The van der Waals surface area contributed by atoms with E-state index in [9.17, 15) is 4.79 Å². The van der Waals surface area contributed by atoms with Crippen LogP contribution in [0.25, 0.3) is 22.2 Å². The molecule has 0 unspecified atom stereocenters. The summed E-state index contributed by atoms with van der Waals surface area (Å²) in [7, 11) is 4.35. The highest BCUT2D eigenvalue weighted by molar-refractivity contribution is 6.25. The van der Waals surface area contributed by atoms with E-state index in [1.54, 1.807) is 6.26 Å². The maximum atomic E-state index is 13.5. The van der Waals surface area contributed by atoms with Gasteiger partial charge in [-0.1, -0.05) is 35.5 Å². The highest BCUT2D eigenvalue weighted by Gasteiger charge is 2.32. The summed E-state index contributed by atoms with van der Waals surface area (Å²) >= 11 is 0. The lowest BCUT2D eigenvalue weighted by Gasteiger charge is -2.18. The lowest BCUT2D eigenvalue weighted by Crippen LogP contribution is -3.05. The van der Waals surface area contributed by atoms with Gasteiger partial charge in [0.15, 0.2) is 11.5 Å². The number of fused-ring (bicyclic) bond motifs is 2. The number of rotatable bonds is 8. The summed E-state index contributed by atoms with van der Waals surface area (Å²) in [4.78, 5) is 15.0. The van der Waals surface area contributed by atoms with E-state index in [-0.39, 0.29) is 5.78 Å². The van der Waals surface area contributed by atoms with Gasteiger partial charge < -0.3 is 13.8 Å². The predicted octanol–water partition coefficient (Wildman–Crippen LogP) is 3.88. The average molecular weight is 416 g/mol. The molecule has 158 valence electrons. The number of hydrogen-bond acceptors (Lipinski definition) is 4. The molecule has 0 saturated carbocycles. The van der Waals surface area contributed by atoms with Gasteiger partial charge in [0.25, 0.3) is 0 Å². The van der Waals surface area contributed by atoms with Crippen LogP contribution in [0.15, 0.2) is 57.7 Å². The molecule has 1 aliphatic rings. The second-order valence-corrected chi connectivity index (χ2v) is 8.67. The van der Waals surface area contributed by atoms with Crippen LogP contribution >= 0.6 is 0 Å². The molecule has 5 nitrogen and oxygen atoms in total. The minimum Gasteiger partial charge on any atom is -0.469 e. The summed E-state index contributed by atoms with van der Waals surface area (Å²) in [6, 6.07) is 13.8. The third-order valence-corrected chi connectivity index (χ3v) is 6.15. The summed E-state index contributed by atoms with van der Waals surface area (Å²) < 4.78 is 11.4. The Kier molecular flexibility index (Phi) is 5.20. The number of carbonyl (C=O) groups is 1. The van der Waals surface area contributed by atoms with Crippen molar-refractivity contribution in [3.63, 3.8) is 0 Å². The van der Waals surface area contributed by atoms with Crippen molar-refractivity contribution >= 4 is 16.7 Å². The molecule has 0 amide bonds. The second-order valence-electron chi connectivity index (χ2n) is 8.67. The number of quaternary nitrogens is 1. The van der Waals surface area contributed by atoms with Gasteiger partial charge in [0.05, 0.1) is 32.3 Å². The molecule has 31 heavy (non-hydrogen) atoms. The molecule has 0 bridgehead atoms. The van der Waals surface area contributed by atoms with Gasteiger partial charge in [0.2, 0.25) is 0 Å². The molecule has 5 heteroatoms. The van der Waals surface area contributed by atoms with Crippen molar-refractivity contribution in [1.29, 1.82) is 0 Å². The van der Waals surface area contributed by atoms with Crippen LogP contribution in [-0.4, -0.2) is 31.6 Å². The lowest BCUT2D eigenvalue weighted by molar-refractivity contribution is -0.858. The monoisotopic (exact) mass is 415 g/mol. The summed E-state index contributed by atoms with van der Waals surface area (Å²) in [5, 5.41) is 5.31. The summed E-state index contributed by atoms with van der Waals surface area (Å²) in [6.07, 6.45) is 6.34. The van der Waals surface area contributed by atoms with Crippen molar-refractivity contribution in [3.8, 4) is 11.3 Å². The van der Waals surface area contributed by atoms with Gasteiger partial charge >= 0.3 is 0 Å². The number of benzene rings is 2. The molecule has 2 heterocycles. The largest absolute Gasteiger partial charge is 0.469 e. The molecular formula is C26H27N2O3+. The highest BCUT2D eigenvalue weighted by Crippen LogP contribution is 2.42. The number of aryl methyl sites for hydroxylation is 3. The molecule has 0 aliphatic heterocycles. The van der Waals surface area contributed by atoms with Gasteiger partial charge in [0, 0.05) is 23.1 Å². The SMILES string of the molecule is C[NH+](C)CCCCc1cc(CCc2ccco2)c2noc3c2c1C(=O)c1ccccc1-3. The Bertz CT molecular complexity index is 1240. The minimum atomic E-state index is 0.0853. The number of unbranched alkanes of at least 4 members (excludes halogenated alkanes) is 1. The van der Waals surface area contributed by atoms with Gasteiger partial charge in [-0.25, -0.2) is 0 Å². The Hall–Kier alpha value is -3.18. The molecule has 0 spiro atoms. The Labute approximate surface area is 181 Å². The topological polar surface area (TPSA) is 60.7 Å². The molecule has 5 rings (SSSR count). The van der Waals surface area contributed by atoms with Crippen LogP contribution in [0.3, 0.4) is 0 Å². The van der Waals surface area contributed by atoms with Crippen molar-refractivity contribution < 1.29 is 18.6 Å². The first kappa shape index (κ1) is 19.8. The maximum absolute atomic E-state index is 13.5. The zero-order valence-electron chi connectivity index (χ0n) is 18.0. The highest BCUT2D eigenvalue weighted by atomic mass is 16.5. The summed E-state index contributed by atoms with van der Waals surface area (Å²) in [5.41, 5.74) is 5.36. The number of carbonyl (C=O) groups excluding carboxylic acids is 1. The van der Waals surface area contributed by atoms with Crippen LogP contribution in [0.2, 0.25) is 0 Å². The normalized spacial score (nSPS) is 12.7. The van der Waals surface area contributed by atoms with Crippen LogP contribution < -0.4 is 4.90 Å². The fraction of sp³-hybridized carbons (Fsp3) is 0.308. The number of aromatic nitrogens is 1. The molecule has 0 radical (unpaired) electrons. The third-order valence-electron chi connectivity index (χ3n) is 6.15. The number of ketones is 1. The quantitative estimate of drug-likeness (QED) is 0.391. The van der Waals surface area contributed by atoms with E-state index in [0.717, 1.165) is 83.3 Å². The molecule has 4 aromatic rings. The van der Waals surface area contributed by atoms with E-state index in [1.807, 2.05) is 36.4 Å². The van der Waals surface area contributed by atoms with Gasteiger partial charge in [-0.2, -0.15) is 0 Å². The average Bonchev–Trinajstić information content (AvgIpc) is 3.44. The van der Waals surface area contributed by atoms with Crippen LogP contribution in [0.1, 0.15) is 45.7 Å². The van der Waals surface area contributed by atoms with Gasteiger partial charge in [-0.15, -0.1) is 0 Å². The Morgan fingerprint density at radius 1 is 0.935 bits per heavy atom. The molecule has 2 aromatic carbocycles. The first-order valence-corrected chi connectivity index (χ1v) is 11.0. The van der Waals surface area contributed by atoms with Crippen molar-refractivity contribution in [2.24, 2.45) is 0 Å². The molecular weight excluding hydrogens is 388 g/mol. The number of nitrogens with zero attached hydrogens (tertiary/aromatic N) is 1. The van der Waals surface area contributed by atoms with E-state index < -0.39 is 0 Å². The van der Waals surface area contributed by atoms with Gasteiger partial charge in [0.1, 0.15) is 11.3 Å². The van der Waals surface area contributed by atoms with Crippen LogP contribution in [0.4, 0.5) is 0 Å². The zero-order chi connectivity index (χ0) is 21.4. The third kappa shape index (κ3) is 3.59. The zero-order valence-corrected chi connectivity index (χ0v) is 18.0. The van der Waals surface area contributed by atoms with Crippen LogP contribution in [0, 0.1) is 0 Å². The number of furan rings is 1. The lowest BCUT2D eigenvalue weighted by atomic mass is 9.82. The molecule has 1 N–H and O–H groups in total. The summed E-state index contributed by atoms with van der Waals surface area (Å²) in [6.45, 7) is 1.12. The first-order chi connectivity index (χ1) is 15.1. The predicted molar refractivity (Wildman–Crippen MR) is 120 cm³/mol. The summed E-state index contributed by atoms with van der Waals surface area (Å²) in [5.74, 6) is 1.76. The molecule has 0 saturated heterocycles. The van der Waals surface area contributed by atoms with E-state index in [2.05, 4.69) is 25.3 Å². The fourth-order valence-electron chi connectivity index (χ4n) is 4.60. The maximum Gasteiger partial charge on any atom is 0.194 e. The first-order valence-electron chi connectivity index (χ1n) is 11.0. The van der Waals surface area contributed by atoms with Gasteiger partial charge in [-0.05, 0) is 48.9 Å². The van der Waals surface area contributed by atoms with Crippen molar-refractivity contribution in [1.82, 2.24) is 5.16 Å². The Balaban J connectivity index is 1.59. The molecule has 0 atom stereocenters. The van der Waals surface area contributed by atoms with Gasteiger partial charge in [-0.3, -0.25) is 4.79 Å². The smallest absolute Gasteiger partial charge is 0.194 e. The molecule has 2 aromatic heterocycles. The van der Waals surface area contributed by atoms with Crippen LogP contribution in [-0.2, 0) is 19.3 Å². The standard InChI is InChI=1S/C26H26N2O3/c1-28(2)14-6-5-8-17-16-18(12-13-19-9-7-15-30-19)24-23-22(17)25(29)20-10-3-4-11-21(20)26(23)31-27-24/h3-4,7,9-11,15-16H,5-6,8,12-14H2,1-2H3/p+1. The van der Waals surface area contributed by atoms with E-state index in [1.165, 1.54) is 4.90 Å². The Morgan fingerprint density at radius 3 is 2.55 bits per heavy atom. The molecule has 1 aliphatic carbocycles. The van der Waals surface area contributed by atoms with E-state index in [4.69, 9.17) is 8.94 Å². The molecule has 0 fully saturated rings. The Morgan fingerprint density at radius 2 is 1.77 bits per heavy atom. The fourth-order valence-corrected chi connectivity index (χ4v) is 4.60.